The van der Waals surface area contributed by atoms with Gasteiger partial charge in [0.15, 0.2) is 31.3 Å². The standard InChI is InChI=1S/C42H69NO15.C41H76N2O15/c1-23(2)19-32(47)56-40-27(6)53-34(22-42(40,8)50)57-37-26(5)54-41(36(49)35(37)43(9)10)58-38-29(17-18-44)20-24(3)30(46)16-14-12-13-15-25(4)52-33(48)21-31(39(38)51-11)55-28(7)45;1-15-29-41(10,49)34(45)24(4)31(42-53-21-52-17-16-50-13)22(2)19-39(8,48)36(58-38-32(44)28(43(11)12)18-23(3)54-38)25(5)33(26(6)37(47)56-29)57-30-20-40(9,51-14)35(46)27(7)55-30/h12-14,16,18,23-27,29-31,34-41,46,49-50H,15,17,19-22H2,1-11H3;22-30,32-36,38,44-46,48-49H,15-21H2,1-14H3/b13-12+,16-14+;42-31+/t24-,25-,26-,27+,29+,30+,31-,34+,35-,36-,37-,38+,39?,40-,41+,42-;22-,23-,24+,25+,26-,27+,28+,29-,30+,32-,33+,34-,35+,36-,38+,39-,40-,41-/m11/s1. The van der Waals surface area contributed by atoms with Crippen molar-refractivity contribution in [3.05, 3.63) is 24.3 Å². The predicted octanol–water partition coefficient (Wildman–Crippen LogP) is 5.22. The number of oxime groups is 1. The summed E-state index contributed by atoms with van der Waals surface area (Å²) >= 11 is 0. The lowest BCUT2D eigenvalue weighted by molar-refractivity contribution is -0.344. The number of allylic oxidation sites excluding steroid dienone is 2. The average Bonchev–Trinajstić information content (AvgIpc) is 0.776. The van der Waals surface area contributed by atoms with E-state index in [1.807, 2.05) is 53.6 Å². The van der Waals surface area contributed by atoms with Gasteiger partial charge < -0.3 is 136 Å². The number of hydrogen-bond donors (Lipinski definition) is 8. The Morgan fingerprint density at radius 1 is 0.681 bits per heavy atom. The average molecular weight is 1670 g/mol. The zero-order valence-electron chi connectivity index (χ0n) is 73.4. The Labute approximate surface area is 687 Å². The third kappa shape index (κ3) is 28.1. The minimum Gasteiger partial charge on any atom is -0.462 e. The topological polar surface area (TPSA) is 423 Å². The van der Waals surface area contributed by atoms with Crippen molar-refractivity contribution in [3.63, 3.8) is 0 Å². The van der Waals surface area contributed by atoms with Crippen molar-refractivity contribution in [1.29, 1.82) is 0 Å². The minimum absolute atomic E-state index is 0.0307. The van der Waals surface area contributed by atoms with Gasteiger partial charge in [0, 0.05) is 84.2 Å². The fourth-order valence-electron chi connectivity index (χ4n) is 17.0. The molecule has 33 nitrogen and oxygen atoms in total. The van der Waals surface area contributed by atoms with Crippen molar-refractivity contribution in [2.75, 3.05) is 69.5 Å². The maximum Gasteiger partial charge on any atom is 0.311 e. The number of rotatable bonds is 25. The van der Waals surface area contributed by atoms with Gasteiger partial charge in [-0.05, 0) is 141 Å². The van der Waals surface area contributed by atoms with Crippen molar-refractivity contribution in [2.45, 2.75) is 358 Å². The monoisotopic (exact) mass is 1660 g/mol. The first-order chi connectivity index (χ1) is 54.1. The van der Waals surface area contributed by atoms with Crippen LogP contribution >= 0.6 is 0 Å². The molecule has 0 bridgehead atoms. The van der Waals surface area contributed by atoms with Gasteiger partial charge in [0.25, 0.3) is 0 Å². The second-order valence-corrected chi connectivity index (χ2v) is 34.7. The zero-order valence-corrected chi connectivity index (χ0v) is 73.4. The van der Waals surface area contributed by atoms with E-state index in [-0.39, 0.29) is 76.4 Å². The van der Waals surface area contributed by atoms with Gasteiger partial charge in [-0.3, -0.25) is 19.2 Å². The molecule has 8 N–H and O–H groups in total. The third-order valence-corrected chi connectivity index (χ3v) is 23.5. The van der Waals surface area contributed by atoms with Crippen LogP contribution in [0.25, 0.3) is 0 Å². The largest absolute Gasteiger partial charge is 0.462 e. The molecule has 33 heteroatoms. The van der Waals surface area contributed by atoms with Crippen molar-refractivity contribution in [1.82, 2.24) is 9.80 Å². The quantitative estimate of drug-likeness (QED) is 0.0145. The van der Waals surface area contributed by atoms with Crippen molar-refractivity contribution >= 4 is 35.9 Å². The number of carbonyl (C=O) groups excluding carboxylic acids is 5. The Morgan fingerprint density at radius 3 is 1.90 bits per heavy atom. The number of hydrogen-bond acceptors (Lipinski definition) is 33. The van der Waals surface area contributed by atoms with Crippen LogP contribution in [-0.4, -0.2) is 326 Å². The number of aldehydes is 1. The Morgan fingerprint density at radius 2 is 1.31 bits per heavy atom. The smallest absolute Gasteiger partial charge is 0.311 e. The Kier molecular flexibility index (Phi) is 40.7. The SMILES string of the molecule is CC[C@H]1OC(=O)[C@H](C)[C@@H](O[C@H]2C[C@@](C)(OC)[C@@H](O)[C@H](C)O2)[C@H](C)[C@@H](O[C@@H]2O[C@H](C)C[C@H](N(C)C)[C@H]2O)[C@](C)(O)C[C@@H](C)/C(=N\OCOCCOC)[C@H](C)[C@@H](O)[C@]1(C)O.COC1[C@@H](O[C@@H]2O[C@H](C)[C@@H](O[C@H]3C[C@@](C)(O)[C@H](OC(=O)CC(C)C)[C@H](C)O3)[C@H](N(C)C)[C@H]2O)[C@@H](CC=O)C[C@@H](C)[C@@H](O)/C=C/C=C/C[C@@H](C)OC(=O)C[C@H]1OC(C)=O. The third-order valence-electron chi connectivity index (χ3n) is 23.5. The molecule has 5 fully saturated rings. The number of methoxy groups -OCH3 is 3. The molecule has 0 saturated carbocycles. The molecule has 34 atom stereocenters. The Bertz CT molecular complexity index is 3090. The summed E-state index contributed by atoms with van der Waals surface area (Å²) in [6.45, 7) is 30.8. The first-order valence-electron chi connectivity index (χ1n) is 41.2. The van der Waals surface area contributed by atoms with E-state index in [9.17, 15) is 64.8 Å². The summed E-state index contributed by atoms with van der Waals surface area (Å²) < 4.78 is 96.7. The number of ether oxygens (including phenoxy) is 16. The van der Waals surface area contributed by atoms with Gasteiger partial charge in [-0.1, -0.05) is 77.9 Å². The highest BCUT2D eigenvalue weighted by Crippen LogP contribution is 2.44. The highest BCUT2D eigenvalue weighted by Gasteiger charge is 2.57. The van der Waals surface area contributed by atoms with Crippen LogP contribution in [0.15, 0.2) is 29.5 Å². The van der Waals surface area contributed by atoms with E-state index in [1.54, 1.807) is 127 Å². The van der Waals surface area contributed by atoms with Crippen molar-refractivity contribution in [3.8, 4) is 0 Å². The number of nitrogens with zero attached hydrogens (tertiary/aromatic N) is 3. The van der Waals surface area contributed by atoms with Crippen LogP contribution in [-0.2, 0) is 105 Å². The lowest BCUT2D eigenvalue weighted by atomic mass is 9.73. The fraction of sp³-hybridized carbons (Fsp3) is 0.880. The van der Waals surface area contributed by atoms with E-state index in [2.05, 4.69) is 5.16 Å². The van der Waals surface area contributed by atoms with Crippen molar-refractivity contribution < 1.29 is 145 Å². The number of aliphatic hydroxyl groups excluding tert-OH is 5. The molecule has 6 aliphatic rings. The highest BCUT2D eigenvalue weighted by atomic mass is 16.8. The maximum absolute atomic E-state index is 14.3. The van der Waals surface area contributed by atoms with Crippen molar-refractivity contribution in [2.24, 2.45) is 46.6 Å². The summed E-state index contributed by atoms with van der Waals surface area (Å²) in [5.74, 6) is -6.96. The van der Waals surface area contributed by atoms with Crippen LogP contribution in [0.5, 0.6) is 0 Å². The van der Waals surface area contributed by atoms with E-state index >= 15 is 0 Å². The molecule has 6 rings (SSSR count). The zero-order chi connectivity index (χ0) is 87.4. The number of esters is 4. The summed E-state index contributed by atoms with van der Waals surface area (Å²) in [5.41, 5.74) is -5.99. The fourth-order valence-corrected chi connectivity index (χ4v) is 17.0. The molecule has 0 radical (unpaired) electrons. The molecule has 672 valence electrons. The Balaban J connectivity index is 0.000000414. The molecule has 5 saturated heterocycles. The Hall–Kier alpha value is -4.38. The predicted molar refractivity (Wildman–Crippen MR) is 422 cm³/mol. The lowest BCUT2D eigenvalue weighted by Crippen LogP contribution is -2.66. The first-order valence-corrected chi connectivity index (χ1v) is 41.2. The number of aliphatic hydroxyl groups is 8. The molecule has 0 spiro atoms. The number of carbonyl (C=O) groups is 5. The normalized spacial score (nSPS) is 43.3. The maximum atomic E-state index is 14.3. The van der Waals surface area contributed by atoms with Crippen LogP contribution in [0.4, 0.5) is 0 Å². The second kappa shape index (κ2) is 46.2. The van der Waals surface area contributed by atoms with E-state index in [1.165, 1.54) is 28.1 Å². The van der Waals surface area contributed by atoms with E-state index in [0.717, 1.165) is 0 Å². The molecule has 0 aliphatic carbocycles. The van der Waals surface area contributed by atoms with Crippen LogP contribution in [0.2, 0.25) is 0 Å². The minimum atomic E-state index is -1.97. The van der Waals surface area contributed by atoms with Crippen LogP contribution in [0.3, 0.4) is 0 Å². The second-order valence-electron chi connectivity index (χ2n) is 34.7. The molecule has 0 aromatic heterocycles. The van der Waals surface area contributed by atoms with Gasteiger partial charge in [0.1, 0.15) is 66.3 Å². The van der Waals surface area contributed by atoms with Gasteiger partial charge in [-0.15, -0.1) is 0 Å². The molecule has 0 aromatic rings. The molecular weight excluding hydrogens is 1520 g/mol. The number of likely N-dealkylation sites (N-methyl/N-ethyl adjacent to an activating group) is 2. The number of cyclic esters (lactones) is 2. The summed E-state index contributed by atoms with van der Waals surface area (Å²) in [5, 5.41) is 98.2. The van der Waals surface area contributed by atoms with E-state index in [4.69, 9.17) is 80.6 Å². The molecule has 116 heavy (non-hydrogen) atoms. The molecule has 0 amide bonds. The van der Waals surface area contributed by atoms with E-state index in [0.29, 0.717) is 31.4 Å². The summed E-state index contributed by atoms with van der Waals surface area (Å²) in [4.78, 5) is 74.1. The first kappa shape index (κ1) is 102. The summed E-state index contributed by atoms with van der Waals surface area (Å²) in [7, 11) is 11.6. The molecule has 0 aromatic carbocycles. The lowest BCUT2D eigenvalue weighted by Gasteiger charge is -2.50. The molecule has 1 unspecified atom stereocenters. The van der Waals surface area contributed by atoms with Gasteiger partial charge in [0.05, 0.1) is 103 Å². The van der Waals surface area contributed by atoms with Gasteiger partial charge in [-0.25, -0.2) is 0 Å². The van der Waals surface area contributed by atoms with Gasteiger partial charge >= 0.3 is 23.9 Å². The van der Waals surface area contributed by atoms with Gasteiger partial charge in [-0.2, -0.15) is 0 Å². The van der Waals surface area contributed by atoms with Crippen LogP contribution < -0.4 is 0 Å². The molecule has 6 heterocycles. The van der Waals surface area contributed by atoms with Gasteiger partial charge in [0.2, 0.25) is 6.79 Å². The molecular formula is C83H145N3O30. The summed E-state index contributed by atoms with van der Waals surface area (Å²) in [6, 6.07) is -1.11. The summed E-state index contributed by atoms with van der Waals surface area (Å²) in [6.07, 6.45) is -13.6. The molecule has 6 aliphatic heterocycles. The van der Waals surface area contributed by atoms with Crippen LogP contribution in [0.1, 0.15) is 189 Å². The van der Waals surface area contributed by atoms with E-state index < -0.39 is 223 Å². The highest BCUT2D eigenvalue weighted by molar-refractivity contribution is 5.89. The van der Waals surface area contributed by atoms with Crippen LogP contribution in [0, 0.1) is 41.4 Å².